The summed E-state index contributed by atoms with van der Waals surface area (Å²) in [6.07, 6.45) is 1.29. The zero-order chi connectivity index (χ0) is 7.28. The number of hydrogen-bond donors (Lipinski definition) is 1. The molecule has 1 N–H and O–H groups in total. The molecule has 0 radical (unpaired) electrons. The number of allylic oxidation sites excluding steroid dienone is 1. The van der Waals surface area contributed by atoms with Crippen LogP contribution in [0.2, 0.25) is 0 Å². The van der Waals surface area contributed by atoms with Crippen LogP contribution >= 0.6 is 0 Å². The molecule has 0 heterocycles. The van der Waals surface area contributed by atoms with E-state index in [0.717, 1.165) is 0 Å². The molecule has 52 valence electrons. The Bertz CT molecular complexity index is 126. The van der Waals surface area contributed by atoms with Gasteiger partial charge in [0.25, 0.3) is 0 Å². The van der Waals surface area contributed by atoms with Crippen molar-refractivity contribution in [3.63, 3.8) is 0 Å². The van der Waals surface area contributed by atoms with Crippen LogP contribution in [0.3, 0.4) is 0 Å². The van der Waals surface area contributed by atoms with Gasteiger partial charge in [-0.15, -0.1) is 0 Å². The fraction of sp³-hybridized carbons (Fsp3) is 0.500. The molecule has 0 bridgehead atoms. The van der Waals surface area contributed by atoms with Gasteiger partial charge < -0.3 is 9.84 Å². The van der Waals surface area contributed by atoms with E-state index in [0.29, 0.717) is 0 Å². The molecule has 3 heteroatoms. The molecule has 9 heavy (non-hydrogen) atoms. The summed E-state index contributed by atoms with van der Waals surface area (Å²) in [6, 6.07) is 0. The first-order valence-electron chi connectivity index (χ1n) is 2.74. The van der Waals surface area contributed by atoms with Crippen molar-refractivity contribution in [2.45, 2.75) is 13.8 Å². The normalized spacial score (nSPS) is 11.1. The Kier molecular flexibility index (Phi) is 3.51. The lowest BCUT2D eigenvalue weighted by Crippen LogP contribution is -2.06. The van der Waals surface area contributed by atoms with Gasteiger partial charge in [-0.1, -0.05) is 0 Å². The van der Waals surface area contributed by atoms with Gasteiger partial charge in [0.2, 0.25) is 0 Å². The number of carbonyl (C=O) groups excluding carboxylic acids is 1. The zero-order valence-corrected chi connectivity index (χ0v) is 5.55. The van der Waals surface area contributed by atoms with Crippen LogP contribution < -0.4 is 0 Å². The predicted molar refractivity (Wildman–Crippen MR) is 33.0 cm³/mol. The Morgan fingerprint density at radius 1 is 1.78 bits per heavy atom. The molecule has 0 aromatic rings. The van der Waals surface area contributed by atoms with Crippen molar-refractivity contribution in [2.75, 3.05) is 6.61 Å². The van der Waals surface area contributed by atoms with E-state index in [1.54, 1.807) is 13.8 Å². The number of aliphatic hydroxyl groups excluding tert-OH is 1. The third-order valence-corrected chi connectivity index (χ3v) is 0.758. The summed E-state index contributed by atoms with van der Waals surface area (Å²) in [5, 5.41) is 8.64. The van der Waals surface area contributed by atoms with Crippen molar-refractivity contribution in [1.29, 1.82) is 0 Å². The molecular weight excluding hydrogens is 120 g/mol. The Balaban J connectivity index is 3.74. The molecule has 0 atom stereocenters. The van der Waals surface area contributed by atoms with Crippen molar-refractivity contribution in [3.05, 3.63) is 11.8 Å². The van der Waals surface area contributed by atoms with Gasteiger partial charge >= 0.3 is 5.97 Å². The molecule has 0 saturated heterocycles. The maximum absolute atomic E-state index is 10.4. The van der Waals surface area contributed by atoms with Crippen LogP contribution in [-0.2, 0) is 9.53 Å². The van der Waals surface area contributed by atoms with Gasteiger partial charge in [-0.2, -0.15) is 0 Å². The number of esters is 1. The fourth-order valence-corrected chi connectivity index (χ4v) is 0.323. The van der Waals surface area contributed by atoms with Crippen LogP contribution in [0.4, 0.5) is 0 Å². The van der Waals surface area contributed by atoms with Crippen molar-refractivity contribution in [2.24, 2.45) is 0 Å². The molecule has 0 fully saturated rings. The van der Waals surface area contributed by atoms with Gasteiger partial charge in [0.05, 0.1) is 6.61 Å². The first kappa shape index (κ1) is 8.01. The van der Waals surface area contributed by atoms with E-state index in [4.69, 9.17) is 5.11 Å². The third-order valence-electron chi connectivity index (χ3n) is 0.758. The molecule has 0 aliphatic heterocycles. The summed E-state index contributed by atoms with van der Waals surface area (Å²) in [7, 11) is 0. The van der Waals surface area contributed by atoms with Gasteiger partial charge in [0.15, 0.2) is 5.76 Å². The van der Waals surface area contributed by atoms with Gasteiger partial charge in [-0.05, 0) is 19.9 Å². The first-order chi connectivity index (χ1) is 4.22. The smallest absolute Gasteiger partial charge is 0.372 e. The molecular formula is C6H10O3. The molecule has 0 aromatic carbocycles. The molecule has 0 amide bonds. The maximum atomic E-state index is 10.4. The Morgan fingerprint density at radius 3 is 2.67 bits per heavy atom. The van der Waals surface area contributed by atoms with E-state index < -0.39 is 5.97 Å². The highest BCUT2D eigenvalue weighted by Crippen LogP contribution is 1.90. The minimum atomic E-state index is -0.667. The standard InChI is InChI=1S/C6H10O3/c1-3-5(7)6(8)9-4-2/h3,7H,4H2,1-2H3. The quantitative estimate of drug-likeness (QED) is 0.344. The Labute approximate surface area is 53.9 Å². The van der Waals surface area contributed by atoms with Gasteiger partial charge in [0, 0.05) is 0 Å². The van der Waals surface area contributed by atoms with Crippen molar-refractivity contribution < 1.29 is 14.6 Å². The van der Waals surface area contributed by atoms with E-state index in [2.05, 4.69) is 4.74 Å². The summed E-state index contributed by atoms with van der Waals surface area (Å²) in [6.45, 7) is 3.53. The second kappa shape index (κ2) is 3.95. The minimum Gasteiger partial charge on any atom is -0.502 e. The second-order valence-electron chi connectivity index (χ2n) is 1.39. The predicted octanol–water partition coefficient (Wildman–Crippen LogP) is 1.01. The fourth-order valence-electron chi connectivity index (χ4n) is 0.323. The Hall–Kier alpha value is -0.990. The van der Waals surface area contributed by atoms with Crippen molar-refractivity contribution in [3.8, 4) is 0 Å². The van der Waals surface area contributed by atoms with Gasteiger partial charge in [-0.3, -0.25) is 0 Å². The average Bonchev–Trinajstić information content (AvgIpc) is 1.87. The SMILES string of the molecule is CC=C(O)C(=O)OCC. The van der Waals surface area contributed by atoms with Crippen molar-refractivity contribution >= 4 is 5.97 Å². The lowest BCUT2D eigenvalue weighted by molar-refractivity contribution is -0.141. The topological polar surface area (TPSA) is 46.5 Å². The van der Waals surface area contributed by atoms with Crippen LogP contribution in [0.25, 0.3) is 0 Å². The summed E-state index contributed by atoms with van der Waals surface area (Å²) in [5.41, 5.74) is 0. The largest absolute Gasteiger partial charge is 0.502 e. The molecule has 0 aromatic heterocycles. The lowest BCUT2D eigenvalue weighted by Gasteiger charge is -1.97. The molecule has 0 saturated carbocycles. The number of ether oxygens (including phenoxy) is 1. The van der Waals surface area contributed by atoms with Crippen LogP contribution in [-0.4, -0.2) is 17.7 Å². The van der Waals surface area contributed by atoms with E-state index in [1.807, 2.05) is 0 Å². The molecule has 0 spiro atoms. The number of aliphatic hydroxyl groups is 1. The highest BCUT2D eigenvalue weighted by Gasteiger charge is 2.04. The van der Waals surface area contributed by atoms with E-state index >= 15 is 0 Å². The lowest BCUT2D eigenvalue weighted by atomic mass is 10.5. The number of hydrogen-bond acceptors (Lipinski definition) is 3. The second-order valence-corrected chi connectivity index (χ2v) is 1.39. The summed E-state index contributed by atoms with van der Waals surface area (Å²) >= 11 is 0. The van der Waals surface area contributed by atoms with Crippen LogP contribution in [0.5, 0.6) is 0 Å². The monoisotopic (exact) mass is 130 g/mol. The van der Waals surface area contributed by atoms with Crippen LogP contribution in [0, 0.1) is 0 Å². The number of rotatable bonds is 2. The molecule has 3 nitrogen and oxygen atoms in total. The van der Waals surface area contributed by atoms with Crippen LogP contribution in [0.15, 0.2) is 11.8 Å². The molecule has 0 aliphatic rings. The third kappa shape index (κ3) is 2.74. The van der Waals surface area contributed by atoms with E-state index in [1.165, 1.54) is 6.08 Å². The highest BCUT2D eigenvalue weighted by molar-refractivity contribution is 5.85. The van der Waals surface area contributed by atoms with Gasteiger partial charge in [-0.25, -0.2) is 4.79 Å². The summed E-state index contributed by atoms with van der Waals surface area (Å²) in [4.78, 5) is 10.4. The zero-order valence-electron chi connectivity index (χ0n) is 5.55. The summed E-state index contributed by atoms with van der Waals surface area (Å²) < 4.78 is 4.44. The van der Waals surface area contributed by atoms with E-state index in [9.17, 15) is 4.79 Å². The maximum Gasteiger partial charge on any atom is 0.372 e. The number of carbonyl (C=O) groups is 1. The summed E-state index contributed by atoms with van der Waals surface area (Å²) in [5.74, 6) is -1.00. The van der Waals surface area contributed by atoms with Gasteiger partial charge in [0.1, 0.15) is 0 Å². The molecule has 0 aliphatic carbocycles. The first-order valence-corrected chi connectivity index (χ1v) is 2.74. The molecule has 0 rings (SSSR count). The molecule has 0 unspecified atom stereocenters. The minimum absolute atomic E-state index is 0.288. The van der Waals surface area contributed by atoms with Crippen LogP contribution in [0.1, 0.15) is 13.8 Å². The Morgan fingerprint density at radius 2 is 2.33 bits per heavy atom. The van der Waals surface area contributed by atoms with E-state index in [-0.39, 0.29) is 12.4 Å². The van der Waals surface area contributed by atoms with Crippen molar-refractivity contribution in [1.82, 2.24) is 0 Å². The highest BCUT2D eigenvalue weighted by atomic mass is 16.5. The average molecular weight is 130 g/mol.